The molecular formula is C30H35F3N8O3S. The van der Waals surface area contributed by atoms with Gasteiger partial charge in [-0.05, 0) is 45.4 Å². The highest BCUT2D eigenvalue weighted by Gasteiger charge is 2.40. The first-order valence-electron chi connectivity index (χ1n) is 14.9. The van der Waals surface area contributed by atoms with E-state index in [1.165, 1.54) is 0 Å². The highest BCUT2D eigenvalue weighted by atomic mass is 32.1. The summed E-state index contributed by atoms with van der Waals surface area (Å²) >= 11 is 1.56. The summed E-state index contributed by atoms with van der Waals surface area (Å²) < 4.78 is 53.1. The number of amides is 1. The monoisotopic (exact) mass is 644 g/mol. The first kappa shape index (κ1) is 30.9. The van der Waals surface area contributed by atoms with E-state index in [1.807, 2.05) is 49.9 Å². The molecule has 0 saturated carbocycles. The average Bonchev–Trinajstić information content (AvgIpc) is 3.60. The highest BCUT2D eigenvalue weighted by Crippen LogP contribution is 2.37. The number of rotatable bonds is 6. The molecule has 6 rings (SSSR count). The van der Waals surface area contributed by atoms with Crippen molar-refractivity contribution >= 4 is 39.2 Å². The van der Waals surface area contributed by atoms with Crippen molar-refractivity contribution in [3.05, 3.63) is 46.9 Å². The van der Waals surface area contributed by atoms with Gasteiger partial charge in [-0.25, -0.2) is 4.79 Å². The van der Waals surface area contributed by atoms with Crippen molar-refractivity contribution in [3.63, 3.8) is 0 Å². The molecule has 2 aliphatic rings. The molecule has 1 amide bonds. The summed E-state index contributed by atoms with van der Waals surface area (Å²) in [6.45, 7) is 10.5. The smallest absolute Gasteiger partial charge is 0.444 e. The third kappa shape index (κ3) is 6.77. The second-order valence-electron chi connectivity index (χ2n) is 12.1. The number of nitrogens with zero attached hydrogens (tertiary/aromatic N) is 8. The average molecular weight is 645 g/mol. The Bertz CT molecular complexity index is 1690. The SMILES string of the molecule is CCCc1cc2c(N3CCn4c(nnc4C(F)(F)F)C3)nc(Oc3cccc(N4CCN(C(=O)OC(C)(C)C)CC4)c3)nc2s1. The van der Waals surface area contributed by atoms with Crippen LogP contribution < -0.4 is 14.5 Å². The Balaban J connectivity index is 1.22. The van der Waals surface area contributed by atoms with Crippen molar-refractivity contribution in [2.75, 3.05) is 42.5 Å². The Kier molecular flexibility index (Phi) is 8.22. The van der Waals surface area contributed by atoms with Crippen LogP contribution in [0.2, 0.25) is 0 Å². The number of piperazine rings is 1. The van der Waals surface area contributed by atoms with E-state index in [0.717, 1.165) is 38.2 Å². The minimum Gasteiger partial charge on any atom is -0.444 e. The molecule has 15 heteroatoms. The number of aryl methyl sites for hydroxylation is 1. The van der Waals surface area contributed by atoms with Gasteiger partial charge < -0.3 is 28.7 Å². The summed E-state index contributed by atoms with van der Waals surface area (Å²) in [6, 6.07) is 9.82. The molecule has 0 bridgehead atoms. The summed E-state index contributed by atoms with van der Waals surface area (Å²) in [5.41, 5.74) is 0.394. The van der Waals surface area contributed by atoms with E-state index in [-0.39, 0.29) is 31.0 Å². The molecule has 45 heavy (non-hydrogen) atoms. The summed E-state index contributed by atoms with van der Waals surface area (Å²) in [4.78, 5) is 29.7. The zero-order chi connectivity index (χ0) is 31.9. The Morgan fingerprint density at radius 2 is 1.73 bits per heavy atom. The number of ether oxygens (including phenoxy) is 2. The molecule has 4 aromatic rings. The molecule has 1 aromatic carbocycles. The number of thiophene rings is 1. The van der Waals surface area contributed by atoms with Crippen LogP contribution in [0, 0.1) is 0 Å². The number of hydrogen-bond donors (Lipinski definition) is 0. The summed E-state index contributed by atoms with van der Waals surface area (Å²) in [7, 11) is 0. The lowest BCUT2D eigenvalue weighted by atomic mass is 10.2. The van der Waals surface area contributed by atoms with Gasteiger partial charge >= 0.3 is 18.3 Å². The van der Waals surface area contributed by atoms with Crippen LogP contribution in [-0.4, -0.2) is 74.1 Å². The van der Waals surface area contributed by atoms with Crippen molar-refractivity contribution in [2.45, 2.75) is 65.4 Å². The van der Waals surface area contributed by atoms with Gasteiger partial charge in [0, 0.05) is 55.9 Å². The van der Waals surface area contributed by atoms with Crippen molar-refractivity contribution in [1.29, 1.82) is 0 Å². The lowest BCUT2D eigenvalue weighted by Crippen LogP contribution is -2.50. The quantitative estimate of drug-likeness (QED) is 0.246. The predicted molar refractivity (Wildman–Crippen MR) is 164 cm³/mol. The Hall–Kier alpha value is -4.14. The molecule has 5 heterocycles. The third-order valence-electron chi connectivity index (χ3n) is 7.53. The third-order valence-corrected chi connectivity index (χ3v) is 8.62. The fraction of sp³-hybridized carbons (Fsp3) is 0.500. The fourth-order valence-electron chi connectivity index (χ4n) is 5.46. The number of alkyl halides is 3. The van der Waals surface area contributed by atoms with Gasteiger partial charge in [0.05, 0.1) is 11.9 Å². The first-order chi connectivity index (χ1) is 21.4. The molecule has 0 unspecified atom stereocenters. The molecule has 0 atom stereocenters. The number of carbonyl (C=O) groups is 1. The van der Waals surface area contributed by atoms with Crippen LogP contribution in [0.5, 0.6) is 11.8 Å². The standard InChI is InChI=1S/C30H35F3N8O3S/c1-5-7-21-17-22-24(40-14-15-41-23(18-40)36-37-26(41)30(31,32)33)34-27(35-25(22)45-21)43-20-9-6-8-19(16-20)38-10-12-39(13-11-38)28(42)44-29(2,3)4/h6,8-9,16-17H,5,7,10-15,18H2,1-4H3. The minimum atomic E-state index is -4.57. The summed E-state index contributed by atoms with van der Waals surface area (Å²) in [5, 5.41) is 8.07. The van der Waals surface area contributed by atoms with Crippen molar-refractivity contribution < 1.29 is 27.4 Å². The van der Waals surface area contributed by atoms with E-state index >= 15 is 0 Å². The van der Waals surface area contributed by atoms with E-state index in [9.17, 15) is 18.0 Å². The maximum absolute atomic E-state index is 13.4. The number of benzene rings is 1. The molecule has 240 valence electrons. The van der Waals surface area contributed by atoms with Crippen LogP contribution in [0.25, 0.3) is 10.2 Å². The zero-order valence-corrected chi connectivity index (χ0v) is 26.4. The van der Waals surface area contributed by atoms with Crippen LogP contribution in [-0.2, 0) is 30.4 Å². The van der Waals surface area contributed by atoms with Gasteiger partial charge in [0.15, 0.2) is 5.82 Å². The summed E-state index contributed by atoms with van der Waals surface area (Å²) in [5.74, 6) is 0.379. The molecule has 11 nitrogen and oxygen atoms in total. The van der Waals surface area contributed by atoms with Crippen LogP contribution in [0.4, 0.5) is 29.5 Å². The van der Waals surface area contributed by atoms with Crippen molar-refractivity contribution in [2.24, 2.45) is 0 Å². The lowest BCUT2D eigenvalue weighted by molar-refractivity contribution is -0.147. The lowest BCUT2D eigenvalue weighted by Gasteiger charge is -2.36. The molecule has 0 aliphatic carbocycles. The molecule has 0 spiro atoms. The van der Waals surface area contributed by atoms with Crippen LogP contribution in [0.1, 0.15) is 50.6 Å². The maximum Gasteiger partial charge on any atom is 0.451 e. The van der Waals surface area contributed by atoms with Gasteiger partial charge in [0.25, 0.3) is 0 Å². The fourth-order valence-corrected chi connectivity index (χ4v) is 6.58. The van der Waals surface area contributed by atoms with Crippen molar-refractivity contribution in [3.8, 4) is 11.8 Å². The molecule has 0 N–H and O–H groups in total. The molecule has 3 aromatic heterocycles. The molecule has 0 radical (unpaired) electrons. The van der Waals surface area contributed by atoms with E-state index in [1.54, 1.807) is 16.2 Å². The maximum atomic E-state index is 13.4. The van der Waals surface area contributed by atoms with Gasteiger partial charge in [-0.1, -0.05) is 19.4 Å². The van der Waals surface area contributed by atoms with Crippen LogP contribution in [0.15, 0.2) is 30.3 Å². The number of hydrogen-bond acceptors (Lipinski definition) is 10. The van der Waals surface area contributed by atoms with Gasteiger partial charge in [-0.3, -0.25) is 0 Å². The summed E-state index contributed by atoms with van der Waals surface area (Å²) in [6.07, 6.45) is -3.04. The second kappa shape index (κ2) is 12.0. The van der Waals surface area contributed by atoms with E-state index < -0.39 is 17.6 Å². The largest absolute Gasteiger partial charge is 0.451 e. The van der Waals surface area contributed by atoms with Gasteiger partial charge in [0.2, 0.25) is 5.82 Å². The normalized spacial score (nSPS) is 15.8. The number of aromatic nitrogens is 5. The Morgan fingerprint density at radius 1 is 0.978 bits per heavy atom. The van der Waals surface area contributed by atoms with Crippen LogP contribution >= 0.6 is 11.3 Å². The molecule has 1 saturated heterocycles. The number of fused-ring (bicyclic) bond motifs is 2. The number of anilines is 2. The van der Waals surface area contributed by atoms with E-state index in [4.69, 9.17) is 19.4 Å². The van der Waals surface area contributed by atoms with Crippen LogP contribution in [0.3, 0.4) is 0 Å². The van der Waals surface area contributed by atoms with E-state index in [0.29, 0.717) is 44.3 Å². The number of halogens is 3. The van der Waals surface area contributed by atoms with Crippen molar-refractivity contribution in [1.82, 2.24) is 29.6 Å². The van der Waals surface area contributed by atoms with E-state index in [2.05, 4.69) is 28.1 Å². The number of carbonyl (C=O) groups excluding carboxylic acids is 1. The molecule has 2 aliphatic heterocycles. The highest BCUT2D eigenvalue weighted by molar-refractivity contribution is 7.18. The van der Waals surface area contributed by atoms with Gasteiger partial charge in [0.1, 0.15) is 22.0 Å². The second-order valence-corrected chi connectivity index (χ2v) is 13.2. The van der Waals surface area contributed by atoms with Gasteiger partial charge in [-0.15, -0.1) is 21.5 Å². The molecule has 1 fully saturated rings. The Labute approximate surface area is 262 Å². The predicted octanol–water partition coefficient (Wildman–Crippen LogP) is 6.12. The van der Waals surface area contributed by atoms with Gasteiger partial charge in [-0.2, -0.15) is 23.1 Å². The molecular weight excluding hydrogens is 609 g/mol. The Morgan fingerprint density at radius 3 is 2.44 bits per heavy atom. The topological polar surface area (TPSA) is 102 Å². The zero-order valence-electron chi connectivity index (χ0n) is 25.6. The first-order valence-corrected chi connectivity index (χ1v) is 15.7. The minimum absolute atomic E-state index is 0.0774.